The van der Waals surface area contributed by atoms with Crippen LogP contribution in [0.1, 0.15) is 20.3 Å². The van der Waals surface area contributed by atoms with Gasteiger partial charge in [0.15, 0.2) is 5.78 Å². The fourth-order valence-corrected chi connectivity index (χ4v) is 1.29. The summed E-state index contributed by atoms with van der Waals surface area (Å²) in [5.41, 5.74) is 1.30. The van der Waals surface area contributed by atoms with Gasteiger partial charge in [-0.2, -0.15) is 0 Å². The SMILES string of the molecule is CCC(=Nc1cccc(Cl)c1)C(C)=O. The van der Waals surface area contributed by atoms with E-state index < -0.39 is 0 Å². The number of aliphatic imine (C=N–C) groups is 1. The van der Waals surface area contributed by atoms with E-state index in [-0.39, 0.29) is 5.78 Å². The molecule has 0 atom stereocenters. The van der Waals surface area contributed by atoms with E-state index in [0.717, 1.165) is 5.69 Å². The summed E-state index contributed by atoms with van der Waals surface area (Å²) >= 11 is 5.80. The van der Waals surface area contributed by atoms with Crippen molar-refractivity contribution in [2.24, 2.45) is 4.99 Å². The van der Waals surface area contributed by atoms with Crippen molar-refractivity contribution in [1.29, 1.82) is 0 Å². The van der Waals surface area contributed by atoms with E-state index in [2.05, 4.69) is 4.99 Å². The first-order valence-corrected chi connectivity index (χ1v) is 4.85. The average Bonchev–Trinajstić information content (AvgIpc) is 2.14. The Morgan fingerprint density at radius 2 is 2.21 bits per heavy atom. The molecular formula is C11H12ClNO. The van der Waals surface area contributed by atoms with Crippen molar-refractivity contribution in [3.05, 3.63) is 29.3 Å². The lowest BCUT2D eigenvalue weighted by Gasteiger charge is -1.99. The predicted octanol–water partition coefficient (Wildman–Crippen LogP) is 3.41. The molecule has 0 aliphatic heterocycles. The zero-order chi connectivity index (χ0) is 10.6. The second kappa shape index (κ2) is 4.91. The van der Waals surface area contributed by atoms with Crippen LogP contribution in [0.25, 0.3) is 0 Å². The van der Waals surface area contributed by atoms with Gasteiger partial charge in [0, 0.05) is 11.9 Å². The molecule has 0 bridgehead atoms. The van der Waals surface area contributed by atoms with Gasteiger partial charge in [0.05, 0.1) is 11.4 Å². The monoisotopic (exact) mass is 209 g/mol. The molecule has 0 spiro atoms. The van der Waals surface area contributed by atoms with Gasteiger partial charge < -0.3 is 0 Å². The summed E-state index contributed by atoms with van der Waals surface area (Å²) in [6.45, 7) is 3.43. The number of hydrogen-bond donors (Lipinski definition) is 0. The molecule has 2 nitrogen and oxygen atoms in total. The molecule has 0 radical (unpaired) electrons. The Hall–Kier alpha value is -1.15. The van der Waals surface area contributed by atoms with Gasteiger partial charge in [0.25, 0.3) is 0 Å². The summed E-state index contributed by atoms with van der Waals surface area (Å²) in [4.78, 5) is 15.3. The minimum atomic E-state index is 0.00692. The highest BCUT2D eigenvalue weighted by molar-refractivity contribution is 6.39. The predicted molar refractivity (Wildman–Crippen MR) is 59.5 cm³/mol. The highest BCUT2D eigenvalue weighted by Crippen LogP contribution is 2.18. The normalized spacial score (nSPS) is 11.5. The molecule has 0 N–H and O–H groups in total. The molecule has 0 fully saturated rings. The van der Waals surface area contributed by atoms with Gasteiger partial charge in [-0.05, 0) is 24.6 Å². The molecule has 14 heavy (non-hydrogen) atoms. The van der Waals surface area contributed by atoms with E-state index in [4.69, 9.17) is 11.6 Å². The van der Waals surface area contributed by atoms with Crippen molar-refractivity contribution in [2.75, 3.05) is 0 Å². The van der Waals surface area contributed by atoms with Crippen LogP contribution >= 0.6 is 11.6 Å². The van der Waals surface area contributed by atoms with Gasteiger partial charge in [-0.25, -0.2) is 4.99 Å². The Labute approximate surface area is 88.6 Å². The number of ketones is 1. The molecule has 0 saturated carbocycles. The molecule has 3 heteroatoms. The van der Waals surface area contributed by atoms with Crippen molar-refractivity contribution < 1.29 is 4.79 Å². The number of rotatable bonds is 3. The Morgan fingerprint density at radius 1 is 1.50 bits per heavy atom. The molecule has 0 aromatic heterocycles. The van der Waals surface area contributed by atoms with Crippen LogP contribution in [0.2, 0.25) is 5.02 Å². The van der Waals surface area contributed by atoms with Gasteiger partial charge in [-0.1, -0.05) is 24.6 Å². The first kappa shape index (κ1) is 10.9. The molecule has 1 aromatic rings. The van der Waals surface area contributed by atoms with Crippen LogP contribution in [-0.4, -0.2) is 11.5 Å². The van der Waals surface area contributed by atoms with Gasteiger partial charge in [-0.3, -0.25) is 4.79 Å². The number of Topliss-reactive ketones (excluding diaryl/α,β-unsaturated/α-hetero) is 1. The maximum absolute atomic E-state index is 11.1. The second-order valence-electron chi connectivity index (χ2n) is 2.95. The van der Waals surface area contributed by atoms with E-state index in [9.17, 15) is 4.79 Å². The third-order valence-corrected chi connectivity index (χ3v) is 2.05. The summed E-state index contributed by atoms with van der Waals surface area (Å²) < 4.78 is 0. The third-order valence-electron chi connectivity index (χ3n) is 1.81. The van der Waals surface area contributed by atoms with E-state index >= 15 is 0 Å². The zero-order valence-corrected chi connectivity index (χ0v) is 9.01. The summed E-state index contributed by atoms with van der Waals surface area (Å²) in [5.74, 6) is 0.00692. The van der Waals surface area contributed by atoms with Crippen molar-refractivity contribution in [3.8, 4) is 0 Å². The first-order chi connectivity index (χ1) is 6.63. The number of hydrogen-bond acceptors (Lipinski definition) is 2. The number of halogens is 1. The molecular weight excluding hydrogens is 198 g/mol. The molecule has 0 aliphatic rings. The lowest BCUT2D eigenvalue weighted by atomic mass is 10.2. The zero-order valence-electron chi connectivity index (χ0n) is 8.25. The van der Waals surface area contributed by atoms with Crippen LogP contribution < -0.4 is 0 Å². The van der Waals surface area contributed by atoms with Crippen LogP contribution in [0.15, 0.2) is 29.3 Å². The van der Waals surface area contributed by atoms with Gasteiger partial charge in [0.1, 0.15) is 0 Å². The molecule has 0 aliphatic carbocycles. The minimum Gasteiger partial charge on any atom is -0.293 e. The highest BCUT2D eigenvalue weighted by atomic mass is 35.5. The molecule has 0 heterocycles. The number of benzene rings is 1. The van der Waals surface area contributed by atoms with Crippen LogP contribution in [-0.2, 0) is 4.79 Å². The third kappa shape index (κ3) is 2.96. The average molecular weight is 210 g/mol. The van der Waals surface area contributed by atoms with Crippen LogP contribution in [0.4, 0.5) is 5.69 Å². The molecule has 0 saturated heterocycles. The first-order valence-electron chi connectivity index (χ1n) is 4.47. The minimum absolute atomic E-state index is 0.00692. The standard InChI is InChI=1S/C11H12ClNO/c1-3-11(8(2)14)13-10-6-4-5-9(12)7-10/h4-7H,3H2,1-2H3. The Morgan fingerprint density at radius 3 is 2.71 bits per heavy atom. The van der Waals surface area contributed by atoms with Crippen molar-refractivity contribution >= 4 is 28.8 Å². The maximum atomic E-state index is 11.1. The van der Waals surface area contributed by atoms with Crippen molar-refractivity contribution in [2.45, 2.75) is 20.3 Å². The van der Waals surface area contributed by atoms with E-state index in [1.165, 1.54) is 6.92 Å². The summed E-state index contributed by atoms with van der Waals surface area (Å²) in [6, 6.07) is 7.15. The molecule has 74 valence electrons. The van der Waals surface area contributed by atoms with E-state index in [1.54, 1.807) is 12.1 Å². The Balaban J connectivity index is 3.00. The van der Waals surface area contributed by atoms with Gasteiger partial charge >= 0.3 is 0 Å². The fourth-order valence-electron chi connectivity index (χ4n) is 1.11. The fraction of sp³-hybridized carbons (Fsp3) is 0.273. The topological polar surface area (TPSA) is 29.4 Å². The number of carbonyl (C=O) groups is 1. The Kier molecular flexibility index (Phi) is 3.84. The van der Waals surface area contributed by atoms with Crippen LogP contribution in [0.3, 0.4) is 0 Å². The van der Waals surface area contributed by atoms with Crippen molar-refractivity contribution in [1.82, 2.24) is 0 Å². The number of nitrogens with zero attached hydrogens (tertiary/aromatic N) is 1. The highest BCUT2D eigenvalue weighted by Gasteiger charge is 2.02. The number of carbonyl (C=O) groups excluding carboxylic acids is 1. The molecule has 1 aromatic carbocycles. The lowest BCUT2D eigenvalue weighted by Crippen LogP contribution is -2.07. The summed E-state index contributed by atoms with van der Waals surface area (Å²) in [6.07, 6.45) is 0.641. The van der Waals surface area contributed by atoms with E-state index in [0.29, 0.717) is 17.2 Å². The largest absolute Gasteiger partial charge is 0.293 e. The van der Waals surface area contributed by atoms with Gasteiger partial charge in [0.2, 0.25) is 0 Å². The van der Waals surface area contributed by atoms with E-state index in [1.807, 2.05) is 19.1 Å². The molecule has 1 rings (SSSR count). The quantitative estimate of drug-likeness (QED) is 0.702. The smallest absolute Gasteiger partial charge is 0.173 e. The molecule has 0 unspecified atom stereocenters. The summed E-state index contributed by atoms with van der Waals surface area (Å²) in [5, 5.41) is 0.630. The lowest BCUT2D eigenvalue weighted by molar-refractivity contribution is -0.111. The maximum Gasteiger partial charge on any atom is 0.173 e. The van der Waals surface area contributed by atoms with Crippen molar-refractivity contribution in [3.63, 3.8) is 0 Å². The Bertz CT molecular complexity index is 371. The second-order valence-corrected chi connectivity index (χ2v) is 3.38. The van der Waals surface area contributed by atoms with Crippen LogP contribution in [0.5, 0.6) is 0 Å². The van der Waals surface area contributed by atoms with Crippen LogP contribution in [0, 0.1) is 0 Å². The molecule has 0 amide bonds. The van der Waals surface area contributed by atoms with Gasteiger partial charge in [-0.15, -0.1) is 0 Å². The summed E-state index contributed by atoms with van der Waals surface area (Å²) in [7, 11) is 0.